The number of phosphoric acid groups is 1. The van der Waals surface area contributed by atoms with Crippen molar-refractivity contribution in [3.05, 3.63) is 97.2 Å². The standard InChI is InChI=1S/C48H79O11P/c1-3-5-7-9-11-13-15-17-18-19-20-21-22-24-26-28-30-32-34-38-48(53)59-46(43-58-60(54,55)57-41-45(51)40-49)42-56-47(52)39-35-37-44(50)36-33-31-29-27-25-23-16-14-12-10-8-6-4-2/h11,13,17-18,20-21,23-26,29-33,36,44-46,49-51H,3-10,12,14-16,19,22,27-28,34-35,37-43H2,1-2H3,(H,54,55)/b13-11-,18-17-,21-20-,25-23+,26-24-,31-29+,32-30-,36-33+/t44?,45-,46+/m0/s1. The fourth-order valence-corrected chi connectivity index (χ4v) is 6.13. The Morgan fingerprint density at radius 2 is 1.07 bits per heavy atom. The Kier molecular flexibility index (Phi) is 40.3. The van der Waals surface area contributed by atoms with E-state index in [1.165, 1.54) is 57.8 Å². The minimum Gasteiger partial charge on any atom is -0.462 e. The largest absolute Gasteiger partial charge is 0.472 e. The van der Waals surface area contributed by atoms with Gasteiger partial charge in [-0.3, -0.25) is 18.6 Å². The van der Waals surface area contributed by atoms with Crippen molar-refractivity contribution in [3.63, 3.8) is 0 Å². The molecule has 0 aliphatic rings. The van der Waals surface area contributed by atoms with Crippen LogP contribution in [0.25, 0.3) is 0 Å². The third-order valence-electron chi connectivity index (χ3n) is 8.83. The first-order valence-electron chi connectivity index (χ1n) is 22.3. The van der Waals surface area contributed by atoms with E-state index in [2.05, 4.69) is 73.1 Å². The molecule has 4 N–H and O–H groups in total. The van der Waals surface area contributed by atoms with Gasteiger partial charge < -0.3 is 29.7 Å². The number of phosphoric ester groups is 1. The van der Waals surface area contributed by atoms with E-state index in [1.807, 2.05) is 30.4 Å². The van der Waals surface area contributed by atoms with Gasteiger partial charge in [0.25, 0.3) is 0 Å². The van der Waals surface area contributed by atoms with Crippen molar-refractivity contribution in [2.24, 2.45) is 0 Å². The van der Waals surface area contributed by atoms with Crippen LogP contribution in [-0.4, -0.2) is 76.9 Å². The van der Waals surface area contributed by atoms with Gasteiger partial charge in [-0.05, 0) is 77.0 Å². The first-order valence-corrected chi connectivity index (χ1v) is 23.8. The molecule has 0 radical (unpaired) electrons. The number of rotatable bonds is 40. The molecule has 0 saturated heterocycles. The second-order valence-electron chi connectivity index (χ2n) is 14.6. The lowest BCUT2D eigenvalue weighted by Crippen LogP contribution is -2.29. The lowest BCUT2D eigenvalue weighted by atomic mass is 10.1. The summed E-state index contributed by atoms with van der Waals surface area (Å²) in [6.07, 6.45) is 48.5. The van der Waals surface area contributed by atoms with Gasteiger partial charge in [0.15, 0.2) is 6.10 Å². The maximum Gasteiger partial charge on any atom is 0.472 e. The molecule has 0 rings (SSSR count). The van der Waals surface area contributed by atoms with Crippen molar-refractivity contribution in [3.8, 4) is 0 Å². The number of esters is 2. The molecule has 0 amide bonds. The zero-order chi connectivity index (χ0) is 44.2. The van der Waals surface area contributed by atoms with Crippen LogP contribution in [-0.2, 0) is 32.7 Å². The van der Waals surface area contributed by atoms with Crippen LogP contribution in [0.1, 0.15) is 149 Å². The third kappa shape index (κ3) is 41.6. The first kappa shape index (κ1) is 56.9. The molecule has 0 fully saturated rings. The van der Waals surface area contributed by atoms with E-state index in [0.29, 0.717) is 25.7 Å². The van der Waals surface area contributed by atoms with E-state index < -0.39 is 64.5 Å². The maximum absolute atomic E-state index is 12.6. The number of carbonyl (C=O) groups excluding carboxylic acids is 2. The Bertz CT molecular complexity index is 1330. The lowest BCUT2D eigenvalue weighted by Gasteiger charge is -2.20. The Morgan fingerprint density at radius 1 is 0.567 bits per heavy atom. The van der Waals surface area contributed by atoms with Crippen molar-refractivity contribution >= 4 is 19.8 Å². The number of carbonyl (C=O) groups is 2. The molecule has 2 unspecified atom stereocenters. The molecule has 0 aromatic carbocycles. The number of unbranched alkanes of at least 4 members (excludes halogenated alkanes) is 9. The van der Waals surface area contributed by atoms with Crippen molar-refractivity contribution in [1.29, 1.82) is 0 Å². The van der Waals surface area contributed by atoms with Crippen LogP contribution in [0.15, 0.2) is 97.2 Å². The summed E-state index contributed by atoms with van der Waals surface area (Å²) in [7, 11) is -4.69. The summed E-state index contributed by atoms with van der Waals surface area (Å²) >= 11 is 0. The second-order valence-corrected chi connectivity index (χ2v) is 16.0. The molecule has 0 aromatic heterocycles. The smallest absolute Gasteiger partial charge is 0.462 e. The highest BCUT2D eigenvalue weighted by Gasteiger charge is 2.27. The quantitative estimate of drug-likeness (QED) is 0.0152. The van der Waals surface area contributed by atoms with Gasteiger partial charge >= 0.3 is 19.8 Å². The van der Waals surface area contributed by atoms with E-state index in [-0.39, 0.29) is 12.8 Å². The topological polar surface area (TPSA) is 169 Å². The maximum atomic E-state index is 12.6. The van der Waals surface area contributed by atoms with Gasteiger partial charge in [0.1, 0.15) is 12.7 Å². The molecule has 0 heterocycles. The minimum absolute atomic E-state index is 0.00342. The molecule has 0 saturated carbocycles. The molecule has 0 aliphatic heterocycles. The fourth-order valence-electron chi connectivity index (χ4n) is 5.34. The van der Waals surface area contributed by atoms with Gasteiger partial charge in [-0.25, -0.2) is 4.57 Å². The highest BCUT2D eigenvalue weighted by molar-refractivity contribution is 7.47. The van der Waals surface area contributed by atoms with E-state index in [0.717, 1.165) is 38.5 Å². The molecule has 12 heteroatoms. The van der Waals surface area contributed by atoms with Crippen LogP contribution in [0.4, 0.5) is 0 Å². The average molecular weight is 863 g/mol. The molecule has 0 aromatic rings. The fraction of sp³-hybridized carbons (Fsp3) is 0.625. The molecule has 0 spiro atoms. The predicted octanol–water partition coefficient (Wildman–Crippen LogP) is 11.0. The minimum atomic E-state index is -4.69. The lowest BCUT2D eigenvalue weighted by molar-refractivity contribution is -0.161. The van der Waals surface area contributed by atoms with Gasteiger partial charge in [-0.2, -0.15) is 0 Å². The van der Waals surface area contributed by atoms with Crippen molar-refractivity contribution < 1.29 is 52.9 Å². The van der Waals surface area contributed by atoms with Crippen molar-refractivity contribution in [1.82, 2.24) is 0 Å². The number of ether oxygens (including phenoxy) is 2. The molecule has 0 aliphatic carbocycles. The van der Waals surface area contributed by atoms with Crippen molar-refractivity contribution in [2.45, 2.75) is 167 Å². The van der Waals surface area contributed by atoms with E-state index in [1.54, 1.807) is 12.2 Å². The molecular formula is C48H79O11P. The SMILES string of the molecule is CCCCC/C=C\C/C=C\C/C=C\C/C=C\C/C=C\CCC(=O)O[C@H](COC(=O)CCCC(O)/C=C/C=C/C/C=C/CCCCCCCC)COP(=O)(O)OC[C@@H](O)CO. The summed E-state index contributed by atoms with van der Waals surface area (Å²) in [5.41, 5.74) is 0. The molecule has 4 atom stereocenters. The molecule has 0 bridgehead atoms. The summed E-state index contributed by atoms with van der Waals surface area (Å²) in [5, 5.41) is 28.6. The van der Waals surface area contributed by atoms with E-state index in [4.69, 9.17) is 19.1 Å². The number of allylic oxidation sites excluding steroid dienone is 15. The number of aliphatic hydroxyl groups excluding tert-OH is 3. The summed E-state index contributed by atoms with van der Waals surface area (Å²) < 4.78 is 32.5. The van der Waals surface area contributed by atoms with Gasteiger partial charge in [-0.1, -0.05) is 156 Å². The number of hydrogen-bond donors (Lipinski definition) is 4. The van der Waals surface area contributed by atoms with E-state index >= 15 is 0 Å². The summed E-state index contributed by atoms with van der Waals surface area (Å²) in [6.45, 7) is 2.02. The van der Waals surface area contributed by atoms with Gasteiger partial charge in [0.05, 0.1) is 25.9 Å². The van der Waals surface area contributed by atoms with Crippen LogP contribution < -0.4 is 0 Å². The number of hydrogen-bond acceptors (Lipinski definition) is 10. The van der Waals surface area contributed by atoms with Crippen LogP contribution in [0.5, 0.6) is 0 Å². The van der Waals surface area contributed by atoms with Gasteiger partial charge in [-0.15, -0.1) is 0 Å². The van der Waals surface area contributed by atoms with Gasteiger partial charge in [0, 0.05) is 12.8 Å². The normalized spacial score (nSPS) is 15.2. The first-order chi connectivity index (χ1) is 29.1. The second kappa shape index (κ2) is 42.5. The Balaban J connectivity index is 4.61. The van der Waals surface area contributed by atoms with Crippen LogP contribution in [0.3, 0.4) is 0 Å². The van der Waals surface area contributed by atoms with Crippen LogP contribution >= 0.6 is 7.82 Å². The Morgan fingerprint density at radius 3 is 1.67 bits per heavy atom. The highest BCUT2D eigenvalue weighted by atomic mass is 31.2. The predicted molar refractivity (Wildman–Crippen MR) is 243 cm³/mol. The molecule has 11 nitrogen and oxygen atoms in total. The molecular weight excluding hydrogens is 783 g/mol. The van der Waals surface area contributed by atoms with Crippen LogP contribution in [0.2, 0.25) is 0 Å². The number of aliphatic hydroxyl groups is 3. The van der Waals surface area contributed by atoms with E-state index in [9.17, 15) is 29.3 Å². The Hall–Kier alpha value is -3.15. The average Bonchev–Trinajstić information content (AvgIpc) is 3.23. The third-order valence-corrected chi connectivity index (χ3v) is 9.78. The highest BCUT2D eigenvalue weighted by Crippen LogP contribution is 2.43. The molecule has 342 valence electrons. The summed E-state index contributed by atoms with van der Waals surface area (Å²) in [4.78, 5) is 35.0. The van der Waals surface area contributed by atoms with Crippen LogP contribution in [0, 0.1) is 0 Å². The Labute approximate surface area is 362 Å². The summed E-state index contributed by atoms with van der Waals surface area (Å²) in [6, 6.07) is 0. The zero-order valence-electron chi connectivity index (χ0n) is 36.7. The summed E-state index contributed by atoms with van der Waals surface area (Å²) in [5.74, 6) is -1.23. The van der Waals surface area contributed by atoms with Crippen molar-refractivity contribution in [2.75, 3.05) is 26.4 Å². The monoisotopic (exact) mass is 863 g/mol. The molecule has 60 heavy (non-hydrogen) atoms. The van der Waals surface area contributed by atoms with Gasteiger partial charge in [0.2, 0.25) is 0 Å². The zero-order valence-corrected chi connectivity index (χ0v) is 37.6.